The van der Waals surface area contributed by atoms with Gasteiger partial charge in [-0.1, -0.05) is 0 Å². The number of carbonyl (C=O) groups is 2. The highest BCUT2D eigenvalue weighted by molar-refractivity contribution is 7.91. The summed E-state index contributed by atoms with van der Waals surface area (Å²) in [5, 5.41) is 0. The van der Waals surface area contributed by atoms with Crippen LogP contribution in [-0.4, -0.2) is 39.1 Å². The van der Waals surface area contributed by atoms with Crippen molar-refractivity contribution in [2.45, 2.75) is 17.6 Å². The zero-order valence-electron chi connectivity index (χ0n) is 14.2. The number of Topliss-reactive ketones (excluding diaryl/α,β-unsaturated/α-hetero) is 1. The highest BCUT2D eigenvalue weighted by Gasteiger charge is 2.26. The van der Waals surface area contributed by atoms with Crippen LogP contribution in [0.4, 0.5) is 8.78 Å². The summed E-state index contributed by atoms with van der Waals surface area (Å²) >= 11 is 0. The van der Waals surface area contributed by atoms with Gasteiger partial charge in [0.05, 0.1) is 17.1 Å². The van der Waals surface area contributed by atoms with E-state index in [0.717, 1.165) is 24.3 Å². The van der Waals surface area contributed by atoms with Crippen LogP contribution in [0, 0.1) is 0 Å². The molecule has 0 aliphatic rings. The van der Waals surface area contributed by atoms with Gasteiger partial charge in [-0.15, -0.1) is 0 Å². The van der Waals surface area contributed by atoms with Crippen LogP contribution in [0.3, 0.4) is 0 Å². The van der Waals surface area contributed by atoms with Crippen molar-refractivity contribution < 1.29 is 36.3 Å². The van der Waals surface area contributed by atoms with E-state index in [4.69, 9.17) is 9.47 Å². The number of hydrogen-bond donors (Lipinski definition) is 0. The molecule has 0 bridgehead atoms. The molecule has 27 heavy (non-hydrogen) atoms. The van der Waals surface area contributed by atoms with E-state index in [2.05, 4.69) is 0 Å². The molecule has 0 N–H and O–H groups in total. The molecule has 2 aromatic rings. The Labute approximate surface area is 154 Å². The lowest BCUT2D eigenvalue weighted by Gasteiger charge is -2.07. The van der Waals surface area contributed by atoms with Gasteiger partial charge in [-0.25, -0.2) is 13.2 Å². The van der Waals surface area contributed by atoms with Crippen molar-refractivity contribution in [2.24, 2.45) is 0 Å². The molecule has 0 spiro atoms. The number of rotatable bonds is 8. The van der Waals surface area contributed by atoms with Crippen LogP contribution in [0.15, 0.2) is 53.4 Å². The fourth-order valence-corrected chi connectivity index (χ4v) is 2.81. The van der Waals surface area contributed by atoms with E-state index in [0.29, 0.717) is 17.9 Å². The second kappa shape index (κ2) is 8.72. The molecule has 0 aromatic heterocycles. The molecule has 2 aromatic carbocycles. The minimum Gasteiger partial charge on any atom is -0.494 e. The third kappa shape index (κ3) is 5.10. The van der Waals surface area contributed by atoms with Crippen molar-refractivity contribution >= 4 is 21.6 Å². The van der Waals surface area contributed by atoms with Crippen molar-refractivity contribution in [3.05, 3.63) is 59.7 Å². The summed E-state index contributed by atoms with van der Waals surface area (Å²) < 4.78 is 57.7. The van der Waals surface area contributed by atoms with E-state index in [-0.39, 0.29) is 5.56 Å². The van der Waals surface area contributed by atoms with E-state index in [1.807, 2.05) is 6.92 Å². The standard InChI is InChI=1S/C18H16F2O6S/c1-2-25-14-7-3-12(4-8-14)16(21)11-26-17(22)13-5-9-15(10-6-13)27(23,24)18(19)20/h3-10,18H,2,11H2,1H3. The lowest BCUT2D eigenvalue weighted by molar-refractivity contribution is 0.0474. The molecule has 0 aliphatic heterocycles. The predicted molar refractivity (Wildman–Crippen MR) is 91.9 cm³/mol. The van der Waals surface area contributed by atoms with Gasteiger partial charge in [0.15, 0.2) is 12.4 Å². The fourth-order valence-electron chi connectivity index (χ4n) is 2.09. The van der Waals surface area contributed by atoms with Gasteiger partial charge < -0.3 is 9.47 Å². The first-order chi connectivity index (χ1) is 12.8. The predicted octanol–water partition coefficient (Wildman–Crippen LogP) is 3.12. The maximum atomic E-state index is 12.5. The average molecular weight is 398 g/mol. The number of halogens is 2. The third-order valence-electron chi connectivity index (χ3n) is 3.47. The van der Waals surface area contributed by atoms with E-state index in [1.165, 1.54) is 12.1 Å². The summed E-state index contributed by atoms with van der Waals surface area (Å²) in [5.74, 6) is -4.27. The summed E-state index contributed by atoms with van der Waals surface area (Å²) in [6, 6.07) is 10.1. The normalized spacial score (nSPS) is 11.3. The smallest absolute Gasteiger partial charge is 0.341 e. The molecule has 0 amide bonds. The van der Waals surface area contributed by atoms with Crippen LogP contribution in [0.2, 0.25) is 0 Å². The molecule has 0 heterocycles. The number of alkyl halides is 2. The zero-order valence-corrected chi connectivity index (χ0v) is 15.0. The Balaban J connectivity index is 1.98. The van der Waals surface area contributed by atoms with Crippen LogP contribution in [0.25, 0.3) is 0 Å². The molecule has 0 fully saturated rings. The van der Waals surface area contributed by atoms with Gasteiger partial charge in [0, 0.05) is 5.56 Å². The molecule has 0 unspecified atom stereocenters. The summed E-state index contributed by atoms with van der Waals surface area (Å²) in [4.78, 5) is 23.3. The first-order valence-corrected chi connectivity index (χ1v) is 9.35. The van der Waals surface area contributed by atoms with E-state index in [9.17, 15) is 26.8 Å². The van der Waals surface area contributed by atoms with Crippen LogP contribution in [-0.2, 0) is 14.6 Å². The number of carbonyl (C=O) groups excluding carboxylic acids is 2. The minimum absolute atomic E-state index is 0.0669. The van der Waals surface area contributed by atoms with Crippen LogP contribution in [0.1, 0.15) is 27.6 Å². The largest absolute Gasteiger partial charge is 0.494 e. The monoisotopic (exact) mass is 398 g/mol. The van der Waals surface area contributed by atoms with E-state index >= 15 is 0 Å². The molecule has 0 radical (unpaired) electrons. The highest BCUT2D eigenvalue weighted by Crippen LogP contribution is 2.19. The topological polar surface area (TPSA) is 86.7 Å². The lowest BCUT2D eigenvalue weighted by atomic mass is 10.1. The Morgan fingerprint density at radius 1 is 0.963 bits per heavy atom. The van der Waals surface area contributed by atoms with Gasteiger partial charge in [0.1, 0.15) is 5.75 Å². The Kier molecular flexibility index (Phi) is 6.62. The van der Waals surface area contributed by atoms with Gasteiger partial charge in [0.2, 0.25) is 9.84 Å². The number of sulfone groups is 1. The third-order valence-corrected chi connectivity index (χ3v) is 4.87. The second-order valence-electron chi connectivity index (χ2n) is 5.29. The molecule has 144 valence electrons. The van der Waals surface area contributed by atoms with Crippen molar-refractivity contribution in [1.29, 1.82) is 0 Å². The van der Waals surface area contributed by atoms with E-state index in [1.54, 1.807) is 12.1 Å². The Morgan fingerprint density at radius 3 is 2.04 bits per heavy atom. The van der Waals surface area contributed by atoms with Gasteiger partial charge >= 0.3 is 11.7 Å². The number of hydrogen-bond acceptors (Lipinski definition) is 6. The Hall–Kier alpha value is -2.81. The molecular weight excluding hydrogens is 382 g/mol. The fraction of sp³-hybridized carbons (Fsp3) is 0.222. The maximum Gasteiger partial charge on any atom is 0.341 e. The van der Waals surface area contributed by atoms with Crippen LogP contribution >= 0.6 is 0 Å². The van der Waals surface area contributed by atoms with Gasteiger partial charge in [-0.3, -0.25) is 4.79 Å². The molecule has 9 heteroatoms. The molecule has 0 atom stereocenters. The van der Waals surface area contributed by atoms with Crippen molar-refractivity contribution in [3.8, 4) is 5.75 Å². The number of ether oxygens (including phenoxy) is 2. The summed E-state index contributed by atoms with van der Waals surface area (Å²) in [7, 11) is -4.74. The van der Waals surface area contributed by atoms with Crippen molar-refractivity contribution in [3.63, 3.8) is 0 Å². The highest BCUT2D eigenvalue weighted by atomic mass is 32.2. The van der Waals surface area contributed by atoms with E-state index < -0.39 is 38.8 Å². The number of esters is 1. The molecular formula is C18H16F2O6S. The van der Waals surface area contributed by atoms with Gasteiger partial charge in [-0.05, 0) is 55.5 Å². The van der Waals surface area contributed by atoms with Crippen LogP contribution < -0.4 is 4.74 Å². The average Bonchev–Trinajstić information content (AvgIpc) is 2.66. The minimum atomic E-state index is -4.74. The van der Waals surface area contributed by atoms with Crippen molar-refractivity contribution in [1.82, 2.24) is 0 Å². The molecule has 6 nitrogen and oxygen atoms in total. The van der Waals surface area contributed by atoms with Gasteiger partial charge in [0.25, 0.3) is 0 Å². The van der Waals surface area contributed by atoms with Gasteiger partial charge in [-0.2, -0.15) is 8.78 Å². The summed E-state index contributed by atoms with van der Waals surface area (Å²) in [6.07, 6.45) is 0. The molecule has 0 aliphatic carbocycles. The first kappa shape index (κ1) is 20.5. The number of benzene rings is 2. The number of ketones is 1. The second-order valence-corrected chi connectivity index (χ2v) is 7.20. The maximum absolute atomic E-state index is 12.5. The quantitative estimate of drug-likeness (QED) is 0.502. The Morgan fingerprint density at radius 2 is 1.52 bits per heavy atom. The summed E-state index contributed by atoms with van der Waals surface area (Å²) in [6.45, 7) is 1.79. The SMILES string of the molecule is CCOc1ccc(C(=O)COC(=O)c2ccc(S(=O)(=O)C(F)F)cc2)cc1. The van der Waals surface area contributed by atoms with Crippen LogP contribution in [0.5, 0.6) is 5.75 Å². The lowest BCUT2D eigenvalue weighted by Crippen LogP contribution is -2.15. The Bertz CT molecular complexity index is 906. The molecule has 0 saturated heterocycles. The first-order valence-electron chi connectivity index (χ1n) is 7.81. The zero-order chi connectivity index (χ0) is 20.0. The molecule has 2 rings (SSSR count). The van der Waals surface area contributed by atoms with Crippen molar-refractivity contribution in [2.75, 3.05) is 13.2 Å². The summed E-state index contributed by atoms with van der Waals surface area (Å²) in [5.41, 5.74) is 0.257. The molecule has 0 saturated carbocycles.